The Morgan fingerprint density at radius 3 is 2.90 bits per heavy atom. The predicted molar refractivity (Wildman–Crippen MR) is 83.1 cm³/mol. The minimum Gasteiger partial charge on any atom is -0.496 e. The van der Waals surface area contributed by atoms with Gasteiger partial charge in [-0.25, -0.2) is 4.79 Å². The van der Waals surface area contributed by atoms with Crippen molar-refractivity contribution in [2.45, 2.75) is 31.8 Å². The summed E-state index contributed by atoms with van der Waals surface area (Å²) in [6.45, 7) is 0. The number of halogens is 1. The van der Waals surface area contributed by atoms with E-state index in [0.717, 1.165) is 22.9 Å². The largest absolute Gasteiger partial charge is 0.496 e. The molecular formula is C16H17BrO4. The molecular weight excluding hydrogens is 336 g/mol. The highest BCUT2D eigenvalue weighted by Crippen LogP contribution is 2.24. The van der Waals surface area contributed by atoms with Gasteiger partial charge in [-0.1, -0.05) is 15.9 Å². The van der Waals surface area contributed by atoms with Crippen LogP contribution in [0, 0.1) is 0 Å². The van der Waals surface area contributed by atoms with Gasteiger partial charge < -0.3 is 9.47 Å². The molecule has 1 fully saturated rings. The second-order valence-electron chi connectivity index (χ2n) is 4.86. The highest BCUT2D eigenvalue weighted by atomic mass is 79.9. The molecule has 0 heterocycles. The van der Waals surface area contributed by atoms with Gasteiger partial charge in [-0.05, 0) is 43.5 Å². The van der Waals surface area contributed by atoms with E-state index < -0.39 is 12.1 Å². The number of hydrogen-bond acceptors (Lipinski definition) is 4. The third-order valence-electron chi connectivity index (χ3n) is 3.35. The van der Waals surface area contributed by atoms with Crippen LogP contribution in [0.25, 0.3) is 6.08 Å². The molecule has 0 unspecified atom stereocenters. The van der Waals surface area contributed by atoms with E-state index in [0.29, 0.717) is 18.6 Å². The topological polar surface area (TPSA) is 52.6 Å². The van der Waals surface area contributed by atoms with Gasteiger partial charge in [-0.3, -0.25) is 4.79 Å². The van der Waals surface area contributed by atoms with Gasteiger partial charge >= 0.3 is 5.97 Å². The molecule has 0 radical (unpaired) electrons. The normalized spacial score (nSPS) is 18.8. The number of methoxy groups -OCH3 is 1. The smallest absolute Gasteiger partial charge is 0.331 e. The first kappa shape index (κ1) is 15.8. The second kappa shape index (κ2) is 7.41. The van der Waals surface area contributed by atoms with Crippen molar-refractivity contribution in [1.82, 2.24) is 0 Å². The number of rotatable bonds is 4. The molecule has 0 bridgehead atoms. The molecule has 112 valence electrons. The van der Waals surface area contributed by atoms with Crippen LogP contribution in [0.4, 0.5) is 0 Å². The molecule has 0 spiro atoms. The Labute approximate surface area is 132 Å². The third-order valence-corrected chi connectivity index (χ3v) is 3.84. The first-order valence-corrected chi connectivity index (χ1v) is 7.64. The zero-order valence-electron chi connectivity index (χ0n) is 11.8. The van der Waals surface area contributed by atoms with Crippen LogP contribution in [0.2, 0.25) is 0 Å². The molecule has 1 aliphatic rings. The van der Waals surface area contributed by atoms with Gasteiger partial charge in [-0.2, -0.15) is 0 Å². The quantitative estimate of drug-likeness (QED) is 0.614. The summed E-state index contributed by atoms with van der Waals surface area (Å²) < 4.78 is 11.3. The van der Waals surface area contributed by atoms with Crippen LogP contribution >= 0.6 is 15.9 Å². The van der Waals surface area contributed by atoms with Gasteiger partial charge in [0, 0.05) is 22.5 Å². The lowest BCUT2D eigenvalue weighted by Crippen LogP contribution is -2.29. The molecule has 0 saturated heterocycles. The molecule has 4 nitrogen and oxygen atoms in total. The van der Waals surface area contributed by atoms with Crippen LogP contribution in [0.1, 0.15) is 31.2 Å². The van der Waals surface area contributed by atoms with Gasteiger partial charge in [0.2, 0.25) is 0 Å². The number of carbonyl (C=O) groups is 2. The lowest BCUT2D eigenvalue weighted by Gasteiger charge is -2.19. The molecule has 21 heavy (non-hydrogen) atoms. The van der Waals surface area contributed by atoms with Gasteiger partial charge in [0.1, 0.15) is 5.75 Å². The average molecular weight is 353 g/mol. The van der Waals surface area contributed by atoms with E-state index >= 15 is 0 Å². The summed E-state index contributed by atoms with van der Waals surface area (Å²) in [6.07, 6.45) is 5.30. The molecule has 2 rings (SSSR count). The molecule has 1 atom stereocenters. The second-order valence-corrected chi connectivity index (χ2v) is 5.77. The lowest BCUT2D eigenvalue weighted by molar-refractivity contribution is -0.152. The van der Waals surface area contributed by atoms with Crippen molar-refractivity contribution < 1.29 is 19.1 Å². The van der Waals surface area contributed by atoms with Gasteiger partial charge in [0.15, 0.2) is 11.9 Å². The van der Waals surface area contributed by atoms with Gasteiger partial charge in [-0.15, -0.1) is 0 Å². The summed E-state index contributed by atoms with van der Waals surface area (Å²) in [7, 11) is 1.57. The Morgan fingerprint density at radius 2 is 2.19 bits per heavy atom. The summed E-state index contributed by atoms with van der Waals surface area (Å²) in [4.78, 5) is 23.4. The fourth-order valence-electron chi connectivity index (χ4n) is 2.25. The zero-order valence-corrected chi connectivity index (χ0v) is 13.4. The van der Waals surface area contributed by atoms with Crippen molar-refractivity contribution in [2.75, 3.05) is 7.11 Å². The maximum absolute atomic E-state index is 11.8. The summed E-state index contributed by atoms with van der Waals surface area (Å²) in [5.74, 6) is 0.177. The van der Waals surface area contributed by atoms with E-state index in [9.17, 15) is 9.59 Å². The van der Waals surface area contributed by atoms with Gasteiger partial charge in [0.05, 0.1) is 7.11 Å². The van der Waals surface area contributed by atoms with Crippen LogP contribution in [-0.4, -0.2) is 25.0 Å². The number of Topliss-reactive ketones (excluding diaryl/α,β-unsaturated/α-hetero) is 1. The molecule has 1 aromatic rings. The molecule has 1 saturated carbocycles. The van der Waals surface area contributed by atoms with Crippen molar-refractivity contribution >= 4 is 33.8 Å². The average Bonchev–Trinajstić information content (AvgIpc) is 2.48. The van der Waals surface area contributed by atoms with Crippen LogP contribution < -0.4 is 4.74 Å². The SMILES string of the molecule is COc1ccc(Br)cc1/C=C/C(=O)O[C@@H]1CCCCC1=O. The predicted octanol–water partition coefficient (Wildman–Crippen LogP) is 3.53. The maximum Gasteiger partial charge on any atom is 0.331 e. The van der Waals surface area contributed by atoms with Crippen molar-refractivity contribution in [3.63, 3.8) is 0 Å². The summed E-state index contributed by atoms with van der Waals surface area (Å²) >= 11 is 3.37. The first-order chi connectivity index (χ1) is 10.1. The Bertz CT molecular complexity index is 565. The van der Waals surface area contributed by atoms with E-state index in [-0.39, 0.29) is 5.78 Å². The fraction of sp³-hybridized carbons (Fsp3) is 0.375. The molecule has 0 aliphatic heterocycles. The van der Waals surface area contributed by atoms with Crippen molar-refractivity contribution in [2.24, 2.45) is 0 Å². The van der Waals surface area contributed by atoms with Crippen LogP contribution in [-0.2, 0) is 14.3 Å². The monoisotopic (exact) mass is 352 g/mol. The third kappa shape index (κ3) is 4.43. The summed E-state index contributed by atoms with van der Waals surface area (Å²) in [5.41, 5.74) is 0.763. The minimum absolute atomic E-state index is 0.0167. The lowest BCUT2D eigenvalue weighted by atomic mass is 9.96. The highest BCUT2D eigenvalue weighted by molar-refractivity contribution is 9.10. The van der Waals surface area contributed by atoms with Crippen LogP contribution in [0.15, 0.2) is 28.7 Å². The number of ketones is 1. The Morgan fingerprint density at radius 1 is 1.38 bits per heavy atom. The molecule has 0 aromatic heterocycles. The molecule has 0 N–H and O–H groups in total. The maximum atomic E-state index is 11.8. The van der Waals surface area contributed by atoms with Crippen LogP contribution in [0.3, 0.4) is 0 Å². The Kier molecular flexibility index (Phi) is 5.56. The van der Waals surface area contributed by atoms with Gasteiger partial charge in [0.25, 0.3) is 0 Å². The molecule has 5 heteroatoms. The Balaban J connectivity index is 2.01. The molecule has 1 aliphatic carbocycles. The van der Waals surface area contributed by atoms with Crippen molar-refractivity contribution in [3.8, 4) is 5.75 Å². The van der Waals surface area contributed by atoms with E-state index in [1.54, 1.807) is 19.3 Å². The van der Waals surface area contributed by atoms with Crippen molar-refractivity contribution in [3.05, 3.63) is 34.3 Å². The van der Waals surface area contributed by atoms with Crippen molar-refractivity contribution in [1.29, 1.82) is 0 Å². The number of hydrogen-bond donors (Lipinski definition) is 0. The summed E-state index contributed by atoms with van der Waals surface area (Å²) in [5, 5.41) is 0. The number of benzene rings is 1. The molecule has 1 aromatic carbocycles. The van der Waals surface area contributed by atoms with E-state index in [2.05, 4.69) is 15.9 Å². The Hall–Kier alpha value is -1.62. The number of carbonyl (C=O) groups excluding carboxylic acids is 2. The van der Waals surface area contributed by atoms with E-state index in [1.807, 2.05) is 12.1 Å². The number of ether oxygens (including phenoxy) is 2. The first-order valence-electron chi connectivity index (χ1n) is 6.85. The highest BCUT2D eigenvalue weighted by Gasteiger charge is 2.24. The molecule has 0 amide bonds. The minimum atomic E-state index is -0.583. The van der Waals surface area contributed by atoms with Crippen LogP contribution in [0.5, 0.6) is 5.75 Å². The van der Waals surface area contributed by atoms with E-state index in [4.69, 9.17) is 9.47 Å². The zero-order chi connectivity index (χ0) is 15.2. The fourth-order valence-corrected chi connectivity index (χ4v) is 2.63. The summed E-state index contributed by atoms with van der Waals surface area (Å²) in [6, 6.07) is 5.50. The van der Waals surface area contributed by atoms with E-state index in [1.165, 1.54) is 6.08 Å². The number of esters is 1. The standard InChI is InChI=1S/C16H17BrO4/c1-20-14-8-7-12(17)10-11(14)6-9-16(19)21-15-5-3-2-4-13(15)18/h6-10,15H,2-5H2,1H3/b9-6+/t15-/m1/s1.